The highest BCUT2D eigenvalue weighted by molar-refractivity contribution is 5.86. The molecule has 2 aliphatic heterocycles. The normalized spacial score (nSPS) is 20.8. The number of carboxylic acid groups (broad SMARTS) is 2. The van der Waals surface area contributed by atoms with E-state index in [-0.39, 0.29) is 17.2 Å². The molecule has 3 N–H and O–H groups in total. The summed E-state index contributed by atoms with van der Waals surface area (Å²) in [6, 6.07) is 9.70. The van der Waals surface area contributed by atoms with Crippen molar-refractivity contribution < 1.29 is 55.7 Å². The predicted molar refractivity (Wildman–Crippen MR) is 120 cm³/mol. The third-order valence-corrected chi connectivity index (χ3v) is 5.80. The van der Waals surface area contributed by atoms with Gasteiger partial charge in [-0.1, -0.05) is 6.07 Å². The van der Waals surface area contributed by atoms with Crippen molar-refractivity contribution >= 4 is 17.8 Å². The number of nitrogens with one attached hydrogen (secondary N) is 1. The van der Waals surface area contributed by atoms with Crippen molar-refractivity contribution in [2.75, 3.05) is 26.2 Å². The van der Waals surface area contributed by atoms with E-state index in [1.54, 1.807) is 12.4 Å². The van der Waals surface area contributed by atoms with Gasteiger partial charge in [0.05, 0.1) is 23.9 Å². The molecule has 39 heavy (non-hydrogen) atoms. The minimum Gasteiger partial charge on any atom is -0.492 e. The molecule has 2 atom stereocenters. The van der Waals surface area contributed by atoms with Gasteiger partial charge in [0.25, 0.3) is 0 Å². The van der Waals surface area contributed by atoms with Crippen LogP contribution in [-0.4, -0.2) is 81.5 Å². The van der Waals surface area contributed by atoms with E-state index in [1.165, 1.54) is 0 Å². The topological polar surface area (TPSA) is 142 Å². The van der Waals surface area contributed by atoms with Crippen molar-refractivity contribution in [2.45, 2.75) is 25.3 Å². The Labute approximate surface area is 217 Å². The molecule has 4 rings (SSSR count). The number of rotatable bonds is 5. The summed E-state index contributed by atoms with van der Waals surface area (Å²) in [7, 11) is 0. The number of aliphatic carboxylic acids is 2. The fourth-order valence-electron chi connectivity index (χ4n) is 3.91. The van der Waals surface area contributed by atoms with Crippen molar-refractivity contribution in [1.82, 2.24) is 20.2 Å². The summed E-state index contributed by atoms with van der Waals surface area (Å²) >= 11 is 0. The van der Waals surface area contributed by atoms with Gasteiger partial charge in [0, 0.05) is 37.9 Å². The van der Waals surface area contributed by atoms with Gasteiger partial charge >= 0.3 is 24.3 Å². The average molecular weight is 566 g/mol. The van der Waals surface area contributed by atoms with E-state index in [1.807, 2.05) is 36.5 Å². The smallest absolute Gasteiger partial charge is 0.490 e. The Bertz CT molecular complexity index is 1080. The molecule has 2 saturated heterocycles. The number of nitrogens with zero attached hydrogens (tertiary/aromatic N) is 3. The van der Waals surface area contributed by atoms with Crippen molar-refractivity contribution in [1.29, 1.82) is 0 Å². The fourth-order valence-corrected chi connectivity index (χ4v) is 3.91. The summed E-state index contributed by atoms with van der Waals surface area (Å²) < 4.78 is 69.4. The molecule has 214 valence electrons. The third kappa shape index (κ3) is 9.38. The first-order valence-electron chi connectivity index (χ1n) is 11.2. The molecule has 0 saturated carbocycles. The molecule has 2 aliphatic rings. The van der Waals surface area contributed by atoms with E-state index in [9.17, 15) is 31.1 Å². The molecule has 0 aromatic carbocycles. The van der Waals surface area contributed by atoms with Crippen molar-refractivity contribution in [3.05, 3.63) is 54.6 Å². The Hall–Kier alpha value is -3.95. The van der Waals surface area contributed by atoms with Gasteiger partial charge in [0.15, 0.2) is 0 Å². The van der Waals surface area contributed by atoms with E-state index in [0.717, 1.165) is 37.5 Å². The van der Waals surface area contributed by atoms with Gasteiger partial charge in [-0.15, -0.1) is 0 Å². The molecule has 2 fully saturated rings. The van der Waals surface area contributed by atoms with Crippen molar-refractivity contribution in [3.63, 3.8) is 0 Å². The maximum absolute atomic E-state index is 12.6. The number of hydrogen-bond donors (Lipinski definition) is 3. The van der Waals surface area contributed by atoms with Gasteiger partial charge in [-0.3, -0.25) is 19.7 Å². The van der Waals surface area contributed by atoms with Gasteiger partial charge in [-0.25, -0.2) is 9.59 Å². The molecule has 4 heterocycles. The number of hydrogen-bond acceptors (Lipinski definition) is 7. The predicted octanol–water partition coefficient (Wildman–Crippen LogP) is 2.76. The van der Waals surface area contributed by atoms with Crippen LogP contribution in [0.4, 0.5) is 26.3 Å². The van der Waals surface area contributed by atoms with Crippen LogP contribution in [0.15, 0.2) is 48.9 Å². The van der Waals surface area contributed by atoms with Crippen LogP contribution in [-0.2, 0) is 20.9 Å². The zero-order chi connectivity index (χ0) is 29.3. The van der Waals surface area contributed by atoms with E-state index < -0.39 is 24.3 Å². The molecule has 10 nitrogen and oxygen atoms in total. The van der Waals surface area contributed by atoms with Crippen molar-refractivity contribution in [3.8, 4) is 5.75 Å². The van der Waals surface area contributed by atoms with Crippen LogP contribution in [0, 0.1) is 11.3 Å². The van der Waals surface area contributed by atoms with Gasteiger partial charge in [0.2, 0.25) is 5.91 Å². The molecular weight excluding hydrogens is 542 g/mol. The molecule has 1 amide bonds. The van der Waals surface area contributed by atoms with Crippen LogP contribution in [0.2, 0.25) is 0 Å². The molecule has 2 aromatic rings. The lowest BCUT2D eigenvalue weighted by Crippen LogP contribution is -2.40. The lowest BCUT2D eigenvalue weighted by atomic mass is 9.77. The number of amides is 1. The van der Waals surface area contributed by atoms with Crippen LogP contribution >= 0.6 is 0 Å². The molecule has 0 aliphatic carbocycles. The van der Waals surface area contributed by atoms with Gasteiger partial charge < -0.3 is 20.3 Å². The second-order valence-corrected chi connectivity index (χ2v) is 8.45. The van der Waals surface area contributed by atoms with Crippen LogP contribution in [0.1, 0.15) is 12.1 Å². The SMILES string of the molecule is O=C(O)C(F)(F)F.O=C(O)C(F)(F)F.O=C1NC[C@H](COc2cccnc2)[C@]12CCN(Cc1ccccn1)C2. The number of alkyl halides is 6. The summed E-state index contributed by atoms with van der Waals surface area (Å²) in [5.41, 5.74) is 0.692. The number of likely N-dealkylation sites (tertiary alicyclic amines) is 1. The largest absolute Gasteiger partial charge is 0.492 e. The number of carboxylic acids is 2. The van der Waals surface area contributed by atoms with Crippen LogP contribution in [0.5, 0.6) is 5.75 Å². The monoisotopic (exact) mass is 566 g/mol. The molecule has 0 radical (unpaired) electrons. The Kier molecular flexibility index (Phi) is 10.6. The summed E-state index contributed by atoms with van der Waals surface area (Å²) in [6.07, 6.45) is -4.05. The lowest BCUT2D eigenvalue weighted by Gasteiger charge is -2.28. The number of carbonyl (C=O) groups excluding carboxylic acids is 1. The lowest BCUT2D eigenvalue weighted by molar-refractivity contribution is -0.193. The van der Waals surface area contributed by atoms with E-state index >= 15 is 0 Å². The third-order valence-electron chi connectivity index (χ3n) is 5.80. The zero-order valence-corrected chi connectivity index (χ0v) is 20.1. The minimum absolute atomic E-state index is 0.163. The average Bonchev–Trinajstić information content (AvgIpc) is 3.42. The number of halogens is 6. The van der Waals surface area contributed by atoms with Crippen LogP contribution < -0.4 is 10.1 Å². The fraction of sp³-hybridized carbons (Fsp3) is 0.435. The minimum atomic E-state index is -5.08. The summed E-state index contributed by atoms with van der Waals surface area (Å²) in [4.78, 5) is 41.2. The highest BCUT2D eigenvalue weighted by Gasteiger charge is 2.54. The van der Waals surface area contributed by atoms with Crippen LogP contribution in [0.25, 0.3) is 0 Å². The molecule has 0 bridgehead atoms. The Morgan fingerprint density at radius 2 is 1.69 bits per heavy atom. The highest BCUT2D eigenvalue weighted by Crippen LogP contribution is 2.42. The Balaban J connectivity index is 0.000000317. The maximum Gasteiger partial charge on any atom is 0.490 e. The Morgan fingerprint density at radius 1 is 1.05 bits per heavy atom. The molecule has 0 unspecified atom stereocenters. The summed E-state index contributed by atoms with van der Waals surface area (Å²) in [6.45, 7) is 3.66. The number of pyridine rings is 2. The van der Waals surface area contributed by atoms with Gasteiger partial charge in [-0.2, -0.15) is 26.3 Å². The second kappa shape index (κ2) is 13.2. The zero-order valence-electron chi connectivity index (χ0n) is 20.1. The maximum atomic E-state index is 12.6. The molecular formula is C23H24F6N4O6. The first kappa shape index (κ1) is 31.3. The Morgan fingerprint density at radius 3 is 2.21 bits per heavy atom. The van der Waals surface area contributed by atoms with Gasteiger partial charge in [0.1, 0.15) is 5.75 Å². The standard InChI is InChI=1S/C19H22N4O2.2C2HF3O2/c24-18-19(6-9-23(14-19)12-16-4-1-2-8-21-16)15(10-22-18)13-25-17-5-3-7-20-11-17;2*3-2(4,5)1(6)7/h1-5,7-8,11,15H,6,9-10,12-14H2,(H,22,24);2*(H,6,7)/t15-,19-;;/m1../s1. The summed E-state index contributed by atoms with van der Waals surface area (Å²) in [5, 5.41) is 17.3. The van der Waals surface area contributed by atoms with Crippen LogP contribution in [0.3, 0.4) is 0 Å². The number of ether oxygens (including phenoxy) is 1. The summed E-state index contributed by atoms with van der Waals surface area (Å²) in [5.74, 6) is -4.43. The van der Waals surface area contributed by atoms with Gasteiger partial charge in [-0.05, 0) is 37.2 Å². The highest BCUT2D eigenvalue weighted by atomic mass is 19.4. The van der Waals surface area contributed by atoms with Crippen molar-refractivity contribution in [2.24, 2.45) is 11.3 Å². The quantitative estimate of drug-likeness (QED) is 0.466. The van der Waals surface area contributed by atoms with E-state index in [4.69, 9.17) is 24.5 Å². The first-order valence-corrected chi connectivity index (χ1v) is 11.2. The molecule has 2 aromatic heterocycles. The number of carbonyl (C=O) groups is 3. The first-order chi connectivity index (χ1) is 18.1. The molecule has 16 heteroatoms. The van der Waals surface area contributed by atoms with E-state index in [2.05, 4.69) is 20.2 Å². The number of aromatic nitrogens is 2. The molecule has 1 spiro atoms. The van der Waals surface area contributed by atoms with E-state index in [0.29, 0.717) is 13.2 Å². The second-order valence-electron chi connectivity index (χ2n) is 8.45.